The van der Waals surface area contributed by atoms with Crippen molar-refractivity contribution >= 4 is 40.3 Å². The van der Waals surface area contributed by atoms with E-state index >= 15 is 0 Å². The molecule has 2 aromatic carbocycles. The average Bonchev–Trinajstić information content (AvgIpc) is 3.47. The maximum absolute atomic E-state index is 14.9. The number of aromatic nitrogens is 1. The molecule has 0 bridgehead atoms. The number of halogens is 1. The van der Waals surface area contributed by atoms with Gasteiger partial charge in [0, 0.05) is 70.4 Å². The topological polar surface area (TPSA) is 123 Å². The summed E-state index contributed by atoms with van der Waals surface area (Å²) in [6.45, 7) is 1.33. The fraction of sp³-hybridized carbons (Fsp3) is 0.406. The summed E-state index contributed by atoms with van der Waals surface area (Å²) in [5.74, 6) is -2.81. The van der Waals surface area contributed by atoms with E-state index < -0.39 is 23.4 Å². The van der Waals surface area contributed by atoms with Crippen molar-refractivity contribution in [3.8, 4) is 0 Å². The van der Waals surface area contributed by atoms with E-state index in [4.69, 9.17) is 0 Å². The van der Waals surface area contributed by atoms with Crippen LogP contribution in [0.1, 0.15) is 69.6 Å². The highest BCUT2D eigenvalue weighted by Crippen LogP contribution is 2.26. The zero-order valence-corrected chi connectivity index (χ0v) is 24.7. The van der Waals surface area contributed by atoms with Gasteiger partial charge in [-0.1, -0.05) is 37.5 Å². The number of unbranched alkanes of at least 4 members (excludes halogenated alkanes) is 4. The third-order valence-electron chi connectivity index (χ3n) is 7.69. The minimum Gasteiger partial charge on any atom is -0.360 e. The number of amides is 4. The van der Waals surface area contributed by atoms with Crippen LogP contribution in [0.25, 0.3) is 10.9 Å². The summed E-state index contributed by atoms with van der Waals surface area (Å²) in [5, 5.41) is 2.74. The maximum atomic E-state index is 14.9. The third kappa shape index (κ3) is 7.65. The standard InChI is InChI=1S/C32H38FN5O5/c1-36(2)26(39)13-9-4-3-5-10-16-34-30(41)23-14-15-25(33)27-24(21-35-28(23)27)29(40)32(43)38-19-17-37(18-20-38)31(42)22-11-7-6-8-12-22/h6-8,11-12,14-15,21,35H,3-5,9-10,13,16-20H2,1-2H3,(H,34,41). The second-order valence-electron chi connectivity index (χ2n) is 10.9. The molecule has 1 fully saturated rings. The Hall–Kier alpha value is -4.54. The number of H-pyrrole nitrogens is 1. The van der Waals surface area contributed by atoms with Crippen molar-refractivity contribution in [1.29, 1.82) is 0 Å². The Bertz CT molecular complexity index is 1480. The molecule has 3 aromatic rings. The first-order chi connectivity index (χ1) is 20.7. The van der Waals surface area contributed by atoms with Gasteiger partial charge in [0.2, 0.25) is 5.91 Å². The van der Waals surface area contributed by atoms with Crippen molar-refractivity contribution in [2.75, 3.05) is 46.8 Å². The van der Waals surface area contributed by atoms with Gasteiger partial charge in [-0.3, -0.25) is 24.0 Å². The molecule has 0 saturated carbocycles. The van der Waals surface area contributed by atoms with Gasteiger partial charge in [0.25, 0.3) is 23.5 Å². The predicted octanol–water partition coefficient (Wildman–Crippen LogP) is 3.63. The summed E-state index contributed by atoms with van der Waals surface area (Å²) in [6.07, 6.45) is 6.16. The number of carbonyl (C=O) groups is 5. The van der Waals surface area contributed by atoms with Gasteiger partial charge in [-0.2, -0.15) is 0 Å². The van der Waals surface area contributed by atoms with Crippen LogP contribution < -0.4 is 5.32 Å². The first kappa shape index (κ1) is 31.4. The van der Waals surface area contributed by atoms with Gasteiger partial charge in [0.05, 0.1) is 16.6 Å². The molecule has 228 valence electrons. The molecule has 0 spiro atoms. The highest BCUT2D eigenvalue weighted by molar-refractivity contribution is 6.45. The van der Waals surface area contributed by atoms with Crippen LogP contribution in [0.3, 0.4) is 0 Å². The highest BCUT2D eigenvalue weighted by atomic mass is 19.1. The molecular weight excluding hydrogens is 553 g/mol. The van der Waals surface area contributed by atoms with Crippen LogP contribution in [0.5, 0.6) is 0 Å². The van der Waals surface area contributed by atoms with Crippen molar-refractivity contribution in [3.63, 3.8) is 0 Å². The second kappa shape index (κ2) is 14.6. The Kier molecular flexibility index (Phi) is 10.6. The molecule has 1 aliphatic rings. The SMILES string of the molecule is CN(C)C(=O)CCCCCCCNC(=O)c1ccc(F)c2c(C(=O)C(=O)N3CCN(C(=O)c4ccccc4)CC3)c[nH]c12. The van der Waals surface area contributed by atoms with Crippen LogP contribution in [-0.4, -0.2) is 95.9 Å². The van der Waals surface area contributed by atoms with E-state index in [-0.39, 0.29) is 60.0 Å². The highest BCUT2D eigenvalue weighted by Gasteiger charge is 2.31. The van der Waals surface area contributed by atoms with E-state index in [0.29, 0.717) is 18.5 Å². The largest absolute Gasteiger partial charge is 0.360 e. The summed E-state index contributed by atoms with van der Waals surface area (Å²) in [5.41, 5.74) is 0.746. The quantitative estimate of drug-likeness (QED) is 0.189. The Labute approximate surface area is 250 Å². The summed E-state index contributed by atoms with van der Waals surface area (Å²) in [4.78, 5) is 70.9. The molecule has 4 rings (SSSR count). The van der Waals surface area contributed by atoms with E-state index in [9.17, 15) is 28.4 Å². The number of Topliss-reactive ketones (excluding diaryl/α,β-unsaturated/α-hetero) is 1. The molecular formula is C32H38FN5O5. The number of nitrogens with one attached hydrogen (secondary N) is 2. The van der Waals surface area contributed by atoms with Crippen molar-refractivity contribution in [2.45, 2.75) is 38.5 Å². The van der Waals surface area contributed by atoms with Crippen LogP contribution in [-0.2, 0) is 9.59 Å². The Morgan fingerprint density at radius 3 is 2.19 bits per heavy atom. The summed E-state index contributed by atoms with van der Waals surface area (Å²) in [7, 11) is 3.48. The van der Waals surface area contributed by atoms with Crippen LogP contribution >= 0.6 is 0 Å². The zero-order chi connectivity index (χ0) is 30.9. The second-order valence-corrected chi connectivity index (χ2v) is 10.9. The molecule has 0 unspecified atom stereocenters. The molecule has 4 amide bonds. The van der Waals surface area contributed by atoms with Crippen molar-refractivity contribution in [3.05, 3.63) is 71.2 Å². The monoisotopic (exact) mass is 591 g/mol. The van der Waals surface area contributed by atoms with E-state index in [2.05, 4.69) is 10.3 Å². The van der Waals surface area contributed by atoms with E-state index in [1.54, 1.807) is 48.2 Å². The van der Waals surface area contributed by atoms with Gasteiger partial charge >= 0.3 is 0 Å². The first-order valence-electron chi connectivity index (χ1n) is 14.6. The van der Waals surface area contributed by atoms with E-state index in [1.165, 1.54) is 17.2 Å². The van der Waals surface area contributed by atoms with E-state index in [1.807, 2.05) is 6.07 Å². The summed E-state index contributed by atoms with van der Waals surface area (Å²) in [6, 6.07) is 11.3. The number of fused-ring (bicyclic) bond motifs is 1. The molecule has 0 radical (unpaired) electrons. The number of hydrogen-bond donors (Lipinski definition) is 2. The number of benzene rings is 2. The van der Waals surface area contributed by atoms with E-state index in [0.717, 1.165) is 38.2 Å². The van der Waals surface area contributed by atoms with Gasteiger partial charge in [-0.15, -0.1) is 0 Å². The minimum atomic E-state index is -0.877. The molecule has 43 heavy (non-hydrogen) atoms. The number of nitrogens with zero attached hydrogens (tertiary/aromatic N) is 3. The van der Waals surface area contributed by atoms with Gasteiger partial charge in [0.15, 0.2) is 0 Å². The molecule has 1 saturated heterocycles. The number of hydrogen-bond acceptors (Lipinski definition) is 5. The predicted molar refractivity (Wildman–Crippen MR) is 160 cm³/mol. The number of carbonyl (C=O) groups excluding carboxylic acids is 5. The number of rotatable bonds is 12. The lowest BCUT2D eigenvalue weighted by atomic mass is 10.0. The van der Waals surface area contributed by atoms with Crippen molar-refractivity contribution < 1.29 is 28.4 Å². The fourth-order valence-electron chi connectivity index (χ4n) is 5.16. The number of aromatic amines is 1. The van der Waals surface area contributed by atoms with Crippen LogP contribution in [0.2, 0.25) is 0 Å². The lowest BCUT2D eigenvalue weighted by molar-refractivity contribution is -0.129. The van der Waals surface area contributed by atoms with Crippen molar-refractivity contribution in [2.24, 2.45) is 0 Å². The lowest BCUT2D eigenvalue weighted by Crippen LogP contribution is -2.52. The first-order valence-corrected chi connectivity index (χ1v) is 14.6. The summed E-state index contributed by atoms with van der Waals surface area (Å²) >= 11 is 0. The Morgan fingerprint density at radius 2 is 1.49 bits per heavy atom. The molecule has 0 aliphatic carbocycles. The minimum absolute atomic E-state index is 0.101. The van der Waals surface area contributed by atoms with Crippen molar-refractivity contribution in [1.82, 2.24) is 25.0 Å². The number of ketones is 1. The third-order valence-corrected chi connectivity index (χ3v) is 7.69. The Balaban J connectivity index is 1.31. The molecule has 1 aromatic heterocycles. The molecule has 0 atom stereocenters. The normalized spacial score (nSPS) is 13.2. The molecule has 2 N–H and O–H groups in total. The summed E-state index contributed by atoms with van der Waals surface area (Å²) < 4.78 is 14.9. The van der Waals surface area contributed by atoms with Gasteiger partial charge in [-0.05, 0) is 37.1 Å². The van der Waals surface area contributed by atoms with Gasteiger partial charge in [0.1, 0.15) is 5.82 Å². The molecule has 2 heterocycles. The molecule has 10 nitrogen and oxygen atoms in total. The number of piperazine rings is 1. The lowest BCUT2D eigenvalue weighted by Gasteiger charge is -2.34. The zero-order valence-electron chi connectivity index (χ0n) is 24.7. The van der Waals surface area contributed by atoms with Gasteiger partial charge < -0.3 is 25.0 Å². The average molecular weight is 592 g/mol. The van der Waals surface area contributed by atoms with Gasteiger partial charge in [-0.25, -0.2) is 4.39 Å². The van der Waals surface area contributed by atoms with Crippen LogP contribution in [0.4, 0.5) is 4.39 Å². The Morgan fingerprint density at radius 1 is 0.837 bits per heavy atom. The van der Waals surface area contributed by atoms with Crippen LogP contribution in [0, 0.1) is 5.82 Å². The maximum Gasteiger partial charge on any atom is 0.295 e. The van der Waals surface area contributed by atoms with Crippen LogP contribution in [0.15, 0.2) is 48.7 Å². The molecule has 11 heteroatoms. The fourth-order valence-corrected chi connectivity index (χ4v) is 5.16. The molecule has 1 aliphatic heterocycles. The smallest absolute Gasteiger partial charge is 0.295 e.